The average Bonchev–Trinajstić information content (AvgIpc) is 3.20. The summed E-state index contributed by atoms with van der Waals surface area (Å²) in [7, 11) is 0. The Morgan fingerprint density at radius 2 is 2.08 bits per heavy atom. The maximum atomic E-state index is 12.4. The third kappa shape index (κ3) is 3.27. The van der Waals surface area contributed by atoms with Crippen LogP contribution in [0, 0.1) is 0 Å². The van der Waals surface area contributed by atoms with Crippen LogP contribution in [0.2, 0.25) is 0 Å². The highest BCUT2D eigenvalue weighted by atomic mass is 16.5. The zero-order valence-corrected chi connectivity index (χ0v) is 14.2. The van der Waals surface area contributed by atoms with Gasteiger partial charge in [-0.3, -0.25) is 4.79 Å². The maximum Gasteiger partial charge on any atom is 0.224 e. The van der Waals surface area contributed by atoms with Gasteiger partial charge in [0.05, 0.1) is 12.1 Å². The molecule has 1 aromatic heterocycles. The van der Waals surface area contributed by atoms with Gasteiger partial charge in [-0.1, -0.05) is 17.3 Å². The lowest BCUT2D eigenvalue weighted by Gasteiger charge is -2.34. The molecule has 1 aliphatic heterocycles. The van der Waals surface area contributed by atoms with Crippen LogP contribution in [0.4, 0.5) is 0 Å². The number of ether oxygens (including phenoxy) is 2. The second-order valence-corrected chi connectivity index (χ2v) is 5.78. The highest BCUT2D eigenvalue weighted by Gasteiger charge is 2.37. The first-order valence-corrected chi connectivity index (χ1v) is 8.55. The van der Waals surface area contributed by atoms with E-state index < -0.39 is 0 Å². The van der Waals surface area contributed by atoms with E-state index >= 15 is 0 Å². The molecule has 1 saturated heterocycles. The SMILES string of the molecule is CCOCC(OCC)C(N1CCCC1=O)n1nnc2ccccc21. The Kier molecular flexibility index (Phi) is 5.42. The van der Waals surface area contributed by atoms with Crippen molar-refractivity contribution in [2.24, 2.45) is 0 Å². The van der Waals surface area contributed by atoms with Crippen molar-refractivity contribution in [1.29, 1.82) is 0 Å². The van der Waals surface area contributed by atoms with Gasteiger partial charge in [0.15, 0.2) is 6.17 Å². The fourth-order valence-electron chi connectivity index (χ4n) is 3.19. The summed E-state index contributed by atoms with van der Waals surface area (Å²) in [6.07, 6.45) is 0.785. The molecule has 0 spiro atoms. The molecule has 2 heterocycles. The predicted molar refractivity (Wildman–Crippen MR) is 89.4 cm³/mol. The topological polar surface area (TPSA) is 69.5 Å². The van der Waals surface area contributed by atoms with Crippen LogP contribution in [-0.4, -0.2) is 58.3 Å². The zero-order chi connectivity index (χ0) is 16.9. The number of benzene rings is 1. The normalized spacial score (nSPS) is 17.6. The van der Waals surface area contributed by atoms with Crippen LogP contribution in [0.5, 0.6) is 0 Å². The number of rotatable bonds is 8. The molecule has 24 heavy (non-hydrogen) atoms. The molecular weight excluding hydrogens is 308 g/mol. The van der Waals surface area contributed by atoms with Crippen molar-refractivity contribution >= 4 is 16.9 Å². The molecular formula is C17H24N4O3. The van der Waals surface area contributed by atoms with Gasteiger partial charge in [-0.15, -0.1) is 5.10 Å². The van der Waals surface area contributed by atoms with Gasteiger partial charge in [-0.2, -0.15) is 0 Å². The van der Waals surface area contributed by atoms with Crippen LogP contribution in [-0.2, 0) is 14.3 Å². The molecule has 2 aromatic rings. The predicted octanol–water partition coefficient (Wildman–Crippen LogP) is 1.99. The molecule has 2 unspecified atom stereocenters. The van der Waals surface area contributed by atoms with E-state index in [4.69, 9.17) is 9.47 Å². The Balaban J connectivity index is 2.01. The lowest BCUT2D eigenvalue weighted by molar-refractivity contribution is -0.140. The molecule has 1 aliphatic rings. The van der Waals surface area contributed by atoms with Gasteiger partial charge in [0, 0.05) is 26.2 Å². The van der Waals surface area contributed by atoms with Crippen molar-refractivity contribution in [1.82, 2.24) is 19.9 Å². The van der Waals surface area contributed by atoms with E-state index in [2.05, 4.69) is 10.3 Å². The number of hydrogen-bond donors (Lipinski definition) is 0. The minimum Gasteiger partial charge on any atom is -0.379 e. The first-order valence-electron chi connectivity index (χ1n) is 8.55. The van der Waals surface area contributed by atoms with Crippen molar-refractivity contribution in [2.75, 3.05) is 26.4 Å². The molecule has 1 amide bonds. The molecule has 0 N–H and O–H groups in total. The van der Waals surface area contributed by atoms with Crippen LogP contribution in [0.1, 0.15) is 32.9 Å². The second kappa shape index (κ2) is 7.72. The zero-order valence-electron chi connectivity index (χ0n) is 14.2. The van der Waals surface area contributed by atoms with E-state index in [-0.39, 0.29) is 18.2 Å². The van der Waals surface area contributed by atoms with E-state index in [0.29, 0.717) is 32.8 Å². The van der Waals surface area contributed by atoms with Gasteiger partial charge in [0.2, 0.25) is 5.91 Å². The molecule has 7 heteroatoms. The third-order valence-corrected chi connectivity index (χ3v) is 4.26. The first kappa shape index (κ1) is 16.9. The maximum absolute atomic E-state index is 12.4. The van der Waals surface area contributed by atoms with Crippen LogP contribution >= 0.6 is 0 Å². The quantitative estimate of drug-likeness (QED) is 0.739. The molecule has 1 aromatic carbocycles. The Morgan fingerprint density at radius 3 is 2.79 bits per heavy atom. The van der Waals surface area contributed by atoms with E-state index in [1.165, 1.54) is 0 Å². The Labute approximate surface area is 141 Å². The van der Waals surface area contributed by atoms with Gasteiger partial charge >= 0.3 is 0 Å². The second-order valence-electron chi connectivity index (χ2n) is 5.78. The van der Waals surface area contributed by atoms with Crippen molar-refractivity contribution in [3.63, 3.8) is 0 Å². The lowest BCUT2D eigenvalue weighted by atomic mass is 10.2. The van der Waals surface area contributed by atoms with Gasteiger partial charge in [-0.05, 0) is 32.4 Å². The summed E-state index contributed by atoms with van der Waals surface area (Å²) in [5.74, 6) is 0.126. The number of carbonyl (C=O) groups excluding carboxylic acids is 1. The fraction of sp³-hybridized carbons (Fsp3) is 0.588. The van der Waals surface area contributed by atoms with E-state index in [9.17, 15) is 4.79 Å². The molecule has 0 bridgehead atoms. The number of para-hydroxylation sites is 1. The standard InChI is InChI=1S/C17H24N4O3/c1-3-23-12-15(24-4-2)17(20-11-7-10-16(20)22)21-14-9-6-5-8-13(14)18-19-21/h5-6,8-9,15,17H,3-4,7,10-12H2,1-2H3. The van der Waals surface area contributed by atoms with Crippen LogP contribution < -0.4 is 0 Å². The smallest absolute Gasteiger partial charge is 0.224 e. The molecule has 7 nitrogen and oxygen atoms in total. The molecule has 2 atom stereocenters. The van der Waals surface area contributed by atoms with Crippen molar-refractivity contribution in [2.45, 2.75) is 39.0 Å². The average molecular weight is 332 g/mol. The van der Waals surface area contributed by atoms with Gasteiger partial charge in [0.1, 0.15) is 11.6 Å². The molecule has 3 rings (SSSR count). The van der Waals surface area contributed by atoms with E-state index in [0.717, 1.165) is 17.5 Å². The Bertz CT molecular complexity index is 687. The molecule has 1 fully saturated rings. The van der Waals surface area contributed by atoms with Crippen LogP contribution in [0.25, 0.3) is 11.0 Å². The van der Waals surface area contributed by atoms with Crippen molar-refractivity contribution < 1.29 is 14.3 Å². The van der Waals surface area contributed by atoms with Crippen LogP contribution in [0.15, 0.2) is 24.3 Å². The fourth-order valence-corrected chi connectivity index (χ4v) is 3.19. The Hall–Kier alpha value is -1.99. The minimum atomic E-state index is -0.348. The third-order valence-electron chi connectivity index (χ3n) is 4.26. The summed E-state index contributed by atoms with van der Waals surface area (Å²) in [5, 5.41) is 8.56. The number of aromatic nitrogens is 3. The highest BCUT2D eigenvalue weighted by molar-refractivity contribution is 5.79. The molecule has 130 valence electrons. The summed E-state index contributed by atoms with van der Waals surface area (Å²) in [4.78, 5) is 14.2. The van der Waals surface area contributed by atoms with Gasteiger partial charge in [-0.25, -0.2) is 4.68 Å². The summed E-state index contributed by atoms with van der Waals surface area (Å²) in [6, 6.07) is 7.76. The number of fused-ring (bicyclic) bond motifs is 1. The van der Waals surface area contributed by atoms with Crippen LogP contribution in [0.3, 0.4) is 0 Å². The molecule has 0 saturated carbocycles. The molecule has 0 radical (unpaired) electrons. The number of likely N-dealkylation sites (tertiary alicyclic amines) is 1. The lowest BCUT2D eigenvalue weighted by Crippen LogP contribution is -2.44. The number of nitrogens with zero attached hydrogens (tertiary/aromatic N) is 4. The first-order chi connectivity index (χ1) is 11.8. The number of amides is 1. The molecule has 0 aliphatic carbocycles. The Morgan fingerprint density at radius 1 is 1.25 bits per heavy atom. The summed E-state index contributed by atoms with van der Waals surface area (Å²) < 4.78 is 13.3. The minimum absolute atomic E-state index is 0.126. The highest BCUT2D eigenvalue weighted by Crippen LogP contribution is 2.28. The van der Waals surface area contributed by atoms with E-state index in [1.807, 2.05) is 43.0 Å². The number of hydrogen-bond acceptors (Lipinski definition) is 5. The van der Waals surface area contributed by atoms with E-state index in [1.54, 1.807) is 4.68 Å². The monoisotopic (exact) mass is 332 g/mol. The largest absolute Gasteiger partial charge is 0.379 e. The van der Waals surface area contributed by atoms with Gasteiger partial charge < -0.3 is 14.4 Å². The van der Waals surface area contributed by atoms with Gasteiger partial charge in [0.25, 0.3) is 0 Å². The summed E-state index contributed by atoms with van der Waals surface area (Å²) >= 11 is 0. The van der Waals surface area contributed by atoms with Crippen molar-refractivity contribution in [3.05, 3.63) is 24.3 Å². The summed E-state index contributed by atoms with van der Waals surface area (Å²) in [5.41, 5.74) is 1.70. The summed E-state index contributed by atoms with van der Waals surface area (Å²) in [6.45, 7) is 6.15. The van der Waals surface area contributed by atoms with Crippen molar-refractivity contribution in [3.8, 4) is 0 Å². The number of carbonyl (C=O) groups is 1.